The van der Waals surface area contributed by atoms with E-state index in [2.05, 4.69) is 10.6 Å². The summed E-state index contributed by atoms with van der Waals surface area (Å²) in [6, 6.07) is 13.9. The fourth-order valence-corrected chi connectivity index (χ4v) is 2.79. The second kappa shape index (κ2) is 8.71. The molecule has 2 N–H and O–H groups in total. The quantitative estimate of drug-likeness (QED) is 0.755. The summed E-state index contributed by atoms with van der Waals surface area (Å²) in [5, 5.41) is 5.86. The van der Waals surface area contributed by atoms with E-state index in [1.807, 2.05) is 56.3 Å². The van der Waals surface area contributed by atoms with E-state index in [0.717, 1.165) is 41.5 Å². The van der Waals surface area contributed by atoms with Crippen molar-refractivity contribution in [2.45, 2.75) is 39.2 Å². The minimum absolute atomic E-state index is 0.0434. The van der Waals surface area contributed by atoms with Crippen molar-refractivity contribution in [2.24, 2.45) is 0 Å². The van der Waals surface area contributed by atoms with E-state index in [9.17, 15) is 9.59 Å². The van der Waals surface area contributed by atoms with Crippen molar-refractivity contribution in [3.05, 3.63) is 64.7 Å². The van der Waals surface area contributed by atoms with E-state index in [1.54, 1.807) is 0 Å². The van der Waals surface area contributed by atoms with Crippen LogP contribution in [0, 0.1) is 13.8 Å². The first kappa shape index (κ1) is 19.0. The number of nitrogens with one attached hydrogen (secondary N) is 2. The Balaban J connectivity index is 1.42. The lowest BCUT2D eigenvalue weighted by atomic mass is 10.0. The largest absolute Gasteiger partial charge is 0.484 e. The first-order valence-corrected chi connectivity index (χ1v) is 9.38. The molecule has 0 saturated heterocycles. The molecule has 2 amide bonds. The summed E-state index contributed by atoms with van der Waals surface area (Å²) < 4.78 is 5.49. The van der Waals surface area contributed by atoms with Gasteiger partial charge in [-0.25, -0.2) is 0 Å². The molecule has 27 heavy (non-hydrogen) atoms. The Bertz CT molecular complexity index is 811. The Kier molecular flexibility index (Phi) is 6.12. The van der Waals surface area contributed by atoms with E-state index in [4.69, 9.17) is 4.74 Å². The van der Waals surface area contributed by atoms with Crippen LogP contribution in [0.4, 0.5) is 0 Å². The van der Waals surface area contributed by atoms with Crippen molar-refractivity contribution in [1.29, 1.82) is 0 Å². The molecule has 0 radical (unpaired) electrons. The number of rotatable bonds is 8. The minimum atomic E-state index is -0.0734. The van der Waals surface area contributed by atoms with Gasteiger partial charge in [-0.3, -0.25) is 9.59 Å². The zero-order valence-electron chi connectivity index (χ0n) is 15.9. The Morgan fingerprint density at radius 1 is 1.07 bits per heavy atom. The Labute approximate surface area is 160 Å². The van der Waals surface area contributed by atoms with Gasteiger partial charge < -0.3 is 15.4 Å². The first-order valence-electron chi connectivity index (χ1n) is 9.38. The van der Waals surface area contributed by atoms with Crippen molar-refractivity contribution in [3.8, 4) is 5.75 Å². The average molecular weight is 366 g/mol. The van der Waals surface area contributed by atoms with Gasteiger partial charge in [-0.15, -0.1) is 0 Å². The van der Waals surface area contributed by atoms with Crippen LogP contribution in [0.1, 0.15) is 39.9 Å². The maximum Gasteiger partial charge on any atom is 0.258 e. The summed E-state index contributed by atoms with van der Waals surface area (Å²) in [5.74, 6) is 0.553. The highest BCUT2D eigenvalue weighted by Gasteiger charge is 2.23. The highest BCUT2D eigenvalue weighted by Crippen LogP contribution is 2.18. The Morgan fingerprint density at radius 2 is 1.81 bits per heavy atom. The maximum atomic E-state index is 12.3. The number of carbonyl (C=O) groups is 2. The number of hydrogen-bond donors (Lipinski definition) is 2. The zero-order chi connectivity index (χ0) is 19.2. The summed E-state index contributed by atoms with van der Waals surface area (Å²) in [7, 11) is 0. The number of ether oxygens (including phenoxy) is 1. The van der Waals surface area contributed by atoms with E-state index in [0.29, 0.717) is 18.3 Å². The van der Waals surface area contributed by atoms with E-state index < -0.39 is 0 Å². The van der Waals surface area contributed by atoms with Crippen LogP contribution in [0.15, 0.2) is 42.5 Å². The van der Waals surface area contributed by atoms with Crippen LogP contribution in [0.2, 0.25) is 0 Å². The highest BCUT2D eigenvalue weighted by atomic mass is 16.5. The molecule has 2 aromatic rings. The molecule has 0 aromatic heterocycles. The van der Waals surface area contributed by atoms with E-state index in [-0.39, 0.29) is 18.4 Å². The summed E-state index contributed by atoms with van der Waals surface area (Å²) in [6.45, 7) is 4.53. The predicted octanol–water partition coefficient (Wildman–Crippen LogP) is 2.93. The molecule has 0 spiro atoms. The van der Waals surface area contributed by atoms with Gasteiger partial charge in [0.2, 0.25) is 0 Å². The molecule has 1 fully saturated rings. The van der Waals surface area contributed by atoms with Gasteiger partial charge in [0.15, 0.2) is 6.61 Å². The van der Waals surface area contributed by atoms with Crippen molar-refractivity contribution < 1.29 is 14.3 Å². The van der Waals surface area contributed by atoms with Gasteiger partial charge in [0.1, 0.15) is 5.75 Å². The second-order valence-corrected chi connectivity index (χ2v) is 7.10. The normalized spacial score (nSPS) is 13.1. The summed E-state index contributed by atoms with van der Waals surface area (Å²) in [5.41, 5.74) is 3.88. The van der Waals surface area contributed by atoms with Crippen molar-refractivity contribution in [2.75, 3.05) is 13.2 Å². The average Bonchev–Trinajstić information content (AvgIpc) is 3.47. The van der Waals surface area contributed by atoms with Gasteiger partial charge in [-0.2, -0.15) is 0 Å². The molecule has 3 rings (SSSR count). The molecule has 1 aliphatic carbocycles. The smallest absolute Gasteiger partial charge is 0.258 e. The molecule has 142 valence electrons. The van der Waals surface area contributed by atoms with Crippen LogP contribution in [0.3, 0.4) is 0 Å². The fourth-order valence-electron chi connectivity index (χ4n) is 2.79. The zero-order valence-corrected chi connectivity index (χ0v) is 15.9. The lowest BCUT2D eigenvalue weighted by Gasteiger charge is -2.10. The third kappa shape index (κ3) is 5.84. The molecule has 5 heteroatoms. The number of hydrogen-bond acceptors (Lipinski definition) is 3. The van der Waals surface area contributed by atoms with E-state index in [1.165, 1.54) is 0 Å². The van der Waals surface area contributed by atoms with Crippen LogP contribution < -0.4 is 15.4 Å². The molecule has 0 atom stereocenters. The van der Waals surface area contributed by atoms with Crippen LogP contribution in [-0.2, 0) is 11.2 Å². The SMILES string of the molecule is Cc1ccc(C)c(C(=O)NCCc2ccc(OCC(=O)NC3CC3)cc2)c1. The van der Waals surface area contributed by atoms with Crippen molar-refractivity contribution in [3.63, 3.8) is 0 Å². The molecule has 0 aliphatic heterocycles. The molecule has 0 unspecified atom stereocenters. The summed E-state index contributed by atoms with van der Waals surface area (Å²) >= 11 is 0. The molecule has 1 aliphatic rings. The molecular weight excluding hydrogens is 340 g/mol. The lowest BCUT2D eigenvalue weighted by Crippen LogP contribution is -2.30. The third-order valence-electron chi connectivity index (χ3n) is 4.57. The number of benzene rings is 2. The topological polar surface area (TPSA) is 67.4 Å². The van der Waals surface area contributed by atoms with Crippen molar-refractivity contribution in [1.82, 2.24) is 10.6 Å². The maximum absolute atomic E-state index is 12.3. The van der Waals surface area contributed by atoms with Gasteiger partial charge in [0.05, 0.1) is 0 Å². The van der Waals surface area contributed by atoms with Gasteiger partial charge in [0, 0.05) is 18.2 Å². The van der Waals surface area contributed by atoms with Gasteiger partial charge >= 0.3 is 0 Å². The highest BCUT2D eigenvalue weighted by molar-refractivity contribution is 5.95. The number of amides is 2. The van der Waals surface area contributed by atoms with Crippen LogP contribution >= 0.6 is 0 Å². The molecule has 0 bridgehead atoms. The fraction of sp³-hybridized carbons (Fsp3) is 0.364. The molecule has 2 aromatic carbocycles. The molecule has 0 heterocycles. The van der Waals surface area contributed by atoms with Gasteiger partial charge in [-0.05, 0) is 62.4 Å². The molecular formula is C22H26N2O3. The molecule has 1 saturated carbocycles. The number of carbonyl (C=O) groups excluding carboxylic acids is 2. The van der Waals surface area contributed by atoms with E-state index >= 15 is 0 Å². The molecule has 5 nitrogen and oxygen atoms in total. The van der Waals surface area contributed by atoms with Gasteiger partial charge in [0.25, 0.3) is 11.8 Å². The third-order valence-corrected chi connectivity index (χ3v) is 4.57. The minimum Gasteiger partial charge on any atom is -0.484 e. The van der Waals surface area contributed by atoms with Crippen LogP contribution in [0.5, 0.6) is 5.75 Å². The monoisotopic (exact) mass is 366 g/mol. The van der Waals surface area contributed by atoms with Crippen LogP contribution in [-0.4, -0.2) is 31.0 Å². The van der Waals surface area contributed by atoms with Crippen molar-refractivity contribution >= 4 is 11.8 Å². The predicted molar refractivity (Wildman–Crippen MR) is 105 cm³/mol. The van der Waals surface area contributed by atoms with Crippen LogP contribution in [0.25, 0.3) is 0 Å². The summed E-state index contributed by atoms with van der Waals surface area (Å²) in [6.07, 6.45) is 2.87. The lowest BCUT2D eigenvalue weighted by molar-refractivity contribution is -0.123. The Hall–Kier alpha value is -2.82. The first-order chi connectivity index (χ1) is 13.0. The second-order valence-electron chi connectivity index (χ2n) is 7.10. The Morgan fingerprint density at radius 3 is 2.52 bits per heavy atom. The summed E-state index contributed by atoms with van der Waals surface area (Å²) in [4.78, 5) is 23.9. The standard InChI is InChI=1S/C22H26N2O3/c1-15-3-4-16(2)20(13-15)22(26)23-12-11-17-5-9-19(10-6-17)27-14-21(25)24-18-7-8-18/h3-6,9-10,13,18H,7-8,11-12,14H2,1-2H3,(H,23,26)(H,24,25). The number of aryl methyl sites for hydroxylation is 2. The van der Waals surface area contributed by atoms with Gasteiger partial charge in [-0.1, -0.05) is 29.8 Å².